The van der Waals surface area contributed by atoms with Gasteiger partial charge < -0.3 is 5.11 Å². The summed E-state index contributed by atoms with van der Waals surface area (Å²) >= 11 is 0. The van der Waals surface area contributed by atoms with Crippen LogP contribution >= 0.6 is 0 Å². The van der Waals surface area contributed by atoms with E-state index >= 15 is 0 Å². The molecule has 1 aliphatic rings. The lowest BCUT2D eigenvalue weighted by atomic mass is 9.98. The van der Waals surface area contributed by atoms with Gasteiger partial charge in [-0.3, -0.25) is 4.79 Å². The van der Waals surface area contributed by atoms with Crippen molar-refractivity contribution in [2.75, 3.05) is 0 Å². The second-order valence-electron chi connectivity index (χ2n) is 3.48. The molecule has 3 nitrogen and oxygen atoms in total. The Morgan fingerprint density at radius 1 is 1.25 bits per heavy atom. The molecule has 1 N–H and O–H groups in total. The first-order chi connectivity index (χ1) is 7.70. The molecule has 0 saturated carbocycles. The molecule has 78 valence electrons. The molecule has 2 rings (SSSR count). The topological polar surface area (TPSA) is 41.7 Å². The maximum absolute atomic E-state index is 11.1. The predicted octanol–water partition coefficient (Wildman–Crippen LogP) is 3.04. The van der Waals surface area contributed by atoms with Crippen molar-refractivity contribution in [3.63, 3.8) is 0 Å². The van der Waals surface area contributed by atoms with Gasteiger partial charge in [0.25, 0.3) is 0 Å². The summed E-state index contributed by atoms with van der Waals surface area (Å²) in [6, 6.07) is 7.03. The minimum absolute atomic E-state index is 0.202. The standard InChI is InChI=1S/C13H9NO2/c1-14-11-5-2-9(3-6-11)10-4-7-12(15)13(16)8-10/h2-6,8,16H,7H2. The number of allylic oxidation sites excluding steroid dienone is 4. The van der Waals surface area contributed by atoms with Gasteiger partial charge >= 0.3 is 0 Å². The van der Waals surface area contributed by atoms with Crippen LogP contribution in [0.4, 0.5) is 5.69 Å². The van der Waals surface area contributed by atoms with Crippen LogP contribution in [-0.4, -0.2) is 10.9 Å². The van der Waals surface area contributed by atoms with E-state index in [9.17, 15) is 9.90 Å². The number of Topliss-reactive ketones (excluding diaryl/α,β-unsaturated/α-hetero) is 1. The van der Waals surface area contributed by atoms with Gasteiger partial charge in [0.1, 0.15) is 0 Å². The molecule has 1 aliphatic carbocycles. The second-order valence-corrected chi connectivity index (χ2v) is 3.48. The number of hydrogen-bond acceptors (Lipinski definition) is 2. The fraction of sp³-hybridized carbons (Fsp3) is 0.0769. The second kappa shape index (κ2) is 4.03. The lowest BCUT2D eigenvalue weighted by molar-refractivity contribution is -0.117. The highest BCUT2D eigenvalue weighted by atomic mass is 16.3. The van der Waals surface area contributed by atoms with Gasteiger partial charge in [0.15, 0.2) is 11.4 Å². The molecular formula is C13H9NO2. The largest absolute Gasteiger partial charge is 0.504 e. The highest BCUT2D eigenvalue weighted by molar-refractivity contribution is 6.00. The van der Waals surface area contributed by atoms with Crippen molar-refractivity contribution in [3.05, 3.63) is 59.2 Å². The van der Waals surface area contributed by atoms with E-state index < -0.39 is 0 Å². The van der Waals surface area contributed by atoms with Crippen molar-refractivity contribution in [1.82, 2.24) is 0 Å². The zero-order valence-electron chi connectivity index (χ0n) is 8.47. The molecule has 3 heteroatoms. The van der Waals surface area contributed by atoms with Gasteiger partial charge in [-0.05, 0) is 17.2 Å². The van der Waals surface area contributed by atoms with E-state index in [1.807, 2.05) is 0 Å². The van der Waals surface area contributed by atoms with Crippen LogP contribution in [0.25, 0.3) is 10.4 Å². The third-order valence-corrected chi connectivity index (χ3v) is 2.42. The van der Waals surface area contributed by atoms with Gasteiger partial charge in [0.2, 0.25) is 5.78 Å². The average molecular weight is 211 g/mol. The third-order valence-electron chi connectivity index (χ3n) is 2.42. The molecule has 0 bridgehead atoms. The molecule has 0 unspecified atom stereocenters. The van der Waals surface area contributed by atoms with Gasteiger partial charge in [-0.15, -0.1) is 0 Å². The Hall–Kier alpha value is -2.34. The first kappa shape index (κ1) is 10.2. The highest BCUT2D eigenvalue weighted by Crippen LogP contribution is 2.24. The molecule has 0 heterocycles. The van der Waals surface area contributed by atoms with Gasteiger partial charge in [-0.25, -0.2) is 4.85 Å². The molecule has 16 heavy (non-hydrogen) atoms. The molecular weight excluding hydrogens is 202 g/mol. The first-order valence-electron chi connectivity index (χ1n) is 4.82. The van der Waals surface area contributed by atoms with E-state index in [2.05, 4.69) is 4.85 Å². The van der Waals surface area contributed by atoms with E-state index in [1.54, 1.807) is 30.3 Å². The number of carbonyl (C=O) groups excluding carboxylic acids is 1. The Bertz CT molecular complexity index is 530. The fourth-order valence-corrected chi connectivity index (χ4v) is 1.52. The maximum Gasteiger partial charge on any atom is 0.200 e. The lowest BCUT2D eigenvalue weighted by Crippen LogP contribution is -2.04. The summed E-state index contributed by atoms with van der Waals surface area (Å²) in [5.41, 5.74) is 2.28. The quantitative estimate of drug-likeness (QED) is 0.725. The van der Waals surface area contributed by atoms with Crippen LogP contribution in [0.2, 0.25) is 0 Å². The minimum Gasteiger partial charge on any atom is -0.504 e. The Kier molecular flexibility index (Phi) is 2.57. The molecule has 0 fully saturated rings. The number of benzene rings is 1. The van der Waals surface area contributed by atoms with Gasteiger partial charge in [-0.2, -0.15) is 0 Å². The Labute approximate surface area is 93.2 Å². The third kappa shape index (κ3) is 1.86. The molecule has 0 saturated heterocycles. The number of aliphatic hydroxyl groups is 1. The van der Waals surface area contributed by atoms with E-state index in [-0.39, 0.29) is 18.0 Å². The predicted molar refractivity (Wildman–Crippen MR) is 61.0 cm³/mol. The summed E-state index contributed by atoms with van der Waals surface area (Å²) in [7, 11) is 0. The van der Waals surface area contributed by atoms with Crippen LogP contribution in [0, 0.1) is 6.57 Å². The van der Waals surface area contributed by atoms with E-state index in [1.165, 1.54) is 6.08 Å². The molecule has 1 aromatic carbocycles. The number of rotatable bonds is 1. The summed E-state index contributed by atoms with van der Waals surface area (Å²) in [6.45, 7) is 6.83. The number of ketones is 1. The Morgan fingerprint density at radius 2 is 1.94 bits per heavy atom. The zero-order valence-corrected chi connectivity index (χ0v) is 8.47. The van der Waals surface area contributed by atoms with E-state index in [0.717, 1.165) is 11.1 Å². The van der Waals surface area contributed by atoms with Crippen LogP contribution in [0.5, 0.6) is 0 Å². The van der Waals surface area contributed by atoms with Crippen molar-refractivity contribution in [3.8, 4) is 0 Å². The molecule has 0 atom stereocenters. The molecule has 0 aromatic heterocycles. The monoisotopic (exact) mass is 211 g/mol. The van der Waals surface area contributed by atoms with Crippen molar-refractivity contribution < 1.29 is 9.90 Å². The van der Waals surface area contributed by atoms with Crippen LogP contribution in [0.1, 0.15) is 12.0 Å². The van der Waals surface area contributed by atoms with Crippen molar-refractivity contribution in [1.29, 1.82) is 0 Å². The summed E-state index contributed by atoms with van der Waals surface area (Å²) < 4.78 is 0. The minimum atomic E-state index is -0.262. The summed E-state index contributed by atoms with van der Waals surface area (Å²) in [5.74, 6) is -0.465. The summed E-state index contributed by atoms with van der Waals surface area (Å²) in [4.78, 5) is 14.4. The first-order valence-corrected chi connectivity index (χ1v) is 4.82. The molecule has 0 amide bonds. The Morgan fingerprint density at radius 3 is 2.50 bits per heavy atom. The normalized spacial score (nSPS) is 15.1. The van der Waals surface area contributed by atoms with Crippen LogP contribution in [-0.2, 0) is 4.79 Å². The summed E-state index contributed by atoms with van der Waals surface area (Å²) in [6.07, 6.45) is 3.45. The van der Waals surface area contributed by atoms with Crippen molar-refractivity contribution in [2.45, 2.75) is 6.42 Å². The van der Waals surface area contributed by atoms with Crippen LogP contribution in [0.3, 0.4) is 0 Å². The fourth-order valence-electron chi connectivity index (χ4n) is 1.52. The SMILES string of the molecule is [C-]#[N+]c1ccc(C2=CCC(=O)C(O)=C2)cc1. The van der Waals surface area contributed by atoms with Gasteiger partial charge in [-0.1, -0.05) is 30.3 Å². The Balaban J connectivity index is 2.33. The lowest BCUT2D eigenvalue weighted by Gasteiger charge is -2.09. The highest BCUT2D eigenvalue weighted by Gasteiger charge is 2.13. The molecule has 0 radical (unpaired) electrons. The maximum atomic E-state index is 11.1. The molecule has 0 aliphatic heterocycles. The number of hydrogen-bond donors (Lipinski definition) is 1. The van der Waals surface area contributed by atoms with E-state index in [0.29, 0.717) is 5.69 Å². The zero-order chi connectivity index (χ0) is 11.5. The van der Waals surface area contributed by atoms with Crippen molar-refractivity contribution in [2.24, 2.45) is 0 Å². The number of carbonyl (C=O) groups is 1. The number of aliphatic hydroxyl groups excluding tert-OH is 1. The molecule has 1 aromatic rings. The average Bonchev–Trinajstić information content (AvgIpc) is 2.33. The number of nitrogens with zero attached hydrogens (tertiary/aromatic N) is 1. The van der Waals surface area contributed by atoms with Gasteiger partial charge in [0, 0.05) is 6.42 Å². The van der Waals surface area contributed by atoms with Gasteiger partial charge in [0.05, 0.1) is 6.57 Å². The summed E-state index contributed by atoms with van der Waals surface area (Å²) in [5, 5.41) is 9.33. The van der Waals surface area contributed by atoms with E-state index in [4.69, 9.17) is 6.57 Å². The van der Waals surface area contributed by atoms with Crippen LogP contribution < -0.4 is 0 Å². The smallest absolute Gasteiger partial charge is 0.200 e. The van der Waals surface area contributed by atoms with Crippen LogP contribution in [0.15, 0.2) is 42.2 Å². The van der Waals surface area contributed by atoms with Crippen molar-refractivity contribution >= 4 is 17.0 Å². The molecule has 0 spiro atoms.